The van der Waals surface area contributed by atoms with Crippen LogP contribution in [0.5, 0.6) is 0 Å². The number of nitrogens with one attached hydrogen (secondary N) is 2. The molecule has 0 bridgehead atoms. The summed E-state index contributed by atoms with van der Waals surface area (Å²) in [6.07, 6.45) is 9.30. The fraction of sp³-hybridized carbons (Fsp3) is 0.111. The molecule has 0 saturated heterocycles. The van der Waals surface area contributed by atoms with Gasteiger partial charge in [-0.25, -0.2) is 4.98 Å². The van der Waals surface area contributed by atoms with E-state index in [9.17, 15) is 0 Å². The van der Waals surface area contributed by atoms with Gasteiger partial charge in [0.05, 0.1) is 11.2 Å². The van der Waals surface area contributed by atoms with Crippen molar-refractivity contribution in [1.82, 2.24) is 35.0 Å². The number of pyridine rings is 3. The molecule has 5 heterocycles. The van der Waals surface area contributed by atoms with Crippen LogP contribution in [-0.2, 0) is 6.54 Å². The van der Waals surface area contributed by atoms with E-state index in [4.69, 9.17) is 0 Å². The highest BCUT2D eigenvalue weighted by atomic mass is 15.1. The molecule has 2 N–H and O–H groups in total. The van der Waals surface area contributed by atoms with Crippen molar-refractivity contribution in [3.63, 3.8) is 0 Å². The van der Waals surface area contributed by atoms with Crippen LogP contribution in [0.4, 0.5) is 0 Å². The summed E-state index contributed by atoms with van der Waals surface area (Å²) in [6.45, 7) is 0.849. The molecule has 0 unspecified atom stereocenters. The molecule has 7 nitrogen and oxygen atoms in total. The van der Waals surface area contributed by atoms with Gasteiger partial charge in [0.25, 0.3) is 0 Å². The topological polar surface area (TPSA) is 86.4 Å². The van der Waals surface area contributed by atoms with E-state index in [1.165, 1.54) is 5.56 Å². The van der Waals surface area contributed by atoms with Crippen molar-refractivity contribution in [2.24, 2.45) is 0 Å². The molecule has 166 valence electrons. The fourth-order valence-electron chi connectivity index (χ4n) is 4.42. The Morgan fingerprint density at radius 1 is 0.824 bits per heavy atom. The standard InChI is InChI=1S/C27H23N7/c1-34(2)16-17-10-20(15-29-13-17)18-5-6-24-23(11-18)26(33-32-24)25-12-22-21(7-9-30-27(22)31-25)19-4-3-8-28-14-19/h3-15H,16H2,1-2H3,(H,30,31)(H,32,33). The molecule has 0 aliphatic carbocycles. The number of H-pyrrole nitrogens is 2. The smallest absolute Gasteiger partial charge is 0.138 e. The number of nitrogens with zero attached hydrogens (tertiary/aromatic N) is 5. The Morgan fingerprint density at radius 3 is 2.59 bits per heavy atom. The Kier molecular flexibility index (Phi) is 4.89. The molecule has 1 aromatic carbocycles. The van der Waals surface area contributed by atoms with Gasteiger partial charge < -0.3 is 9.88 Å². The maximum atomic E-state index is 4.64. The van der Waals surface area contributed by atoms with E-state index in [0.717, 1.165) is 62.1 Å². The normalized spacial score (nSPS) is 11.6. The summed E-state index contributed by atoms with van der Waals surface area (Å²) in [5.74, 6) is 0. The molecule has 6 rings (SSSR count). The molecule has 6 aromatic rings. The molecule has 5 aromatic heterocycles. The Morgan fingerprint density at radius 2 is 1.74 bits per heavy atom. The molecule has 0 atom stereocenters. The molecular formula is C27H23N7. The summed E-state index contributed by atoms with van der Waals surface area (Å²) in [7, 11) is 4.12. The molecule has 0 amide bonds. The molecule has 7 heteroatoms. The number of aromatic nitrogens is 6. The maximum absolute atomic E-state index is 4.64. The zero-order valence-electron chi connectivity index (χ0n) is 18.9. The van der Waals surface area contributed by atoms with Crippen LogP contribution >= 0.6 is 0 Å². The van der Waals surface area contributed by atoms with Gasteiger partial charge in [-0.3, -0.25) is 15.1 Å². The second-order valence-corrected chi connectivity index (χ2v) is 8.70. The van der Waals surface area contributed by atoms with Gasteiger partial charge >= 0.3 is 0 Å². The quantitative estimate of drug-likeness (QED) is 0.376. The number of hydrogen-bond acceptors (Lipinski definition) is 5. The van der Waals surface area contributed by atoms with E-state index in [2.05, 4.69) is 85.5 Å². The van der Waals surface area contributed by atoms with Crippen molar-refractivity contribution in [1.29, 1.82) is 0 Å². The molecule has 0 aliphatic rings. The van der Waals surface area contributed by atoms with E-state index in [1.807, 2.05) is 36.9 Å². The van der Waals surface area contributed by atoms with Crippen LogP contribution in [0, 0.1) is 0 Å². The molecule has 0 fully saturated rings. The highest BCUT2D eigenvalue weighted by Gasteiger charge is 2.15. The van der Waals surface area contributed by atoms with E-state index in [0.29, 0.717) is 0 Å². The number of rotatable bonds is 5. The minimum atomic E-state index is 0.823. The summed E-state index contributed by atoms with van der Waals surface area (Å²) in [5, 5.41) is 9.89. The highest BCUT2D eigenvalue weighted by Crippen LogP contribution is 2.34. The predicted molar refractivity (Wildman–Crippen MR) is 135 cm³/mol. The first-order chi connectivity index (χ1) is 16.7. The average Bonchev–Trinajstić information content (AvgIpc) is 3.48. The van der Waals surface area contributed by atoms with Crippen molar-refractivity contribution >= 4 is 21.9 Å². The summed E-state index contributed by atoms with van der Waals surface area (Å²) in [6, 6.07) is 16.7. The van der Waals surface area contributed by atoms with Crippen LogP contribution < -0.4 is 0 Å². The van der Waals surface area contributed by atoms with Crippen LogP contribution in [0.15, 0.2) is 79.5 Å². The Hall–Kier alpha value is -4.36. The van der Waals surface area contributed by atoms with Crippen molar-refractivity contribution < 1.29 is 0 Å². The zero-order chi connectivity index (χ0) is 23.1. The van der Waals surface area contributed by atoms with Crippen molar-refractivity contribution in [2.45, 2.75) is 6.54 Å². The fourth-order valence-corrected chi connectivity index (χ4v) is 4.42. The third kappa shape index (κ3) is 3.62. The minimum Gasteiger partial charge on any atom is -0.338 e. The van der Waals surface area contributed by atoms with Gasteiger partial charge in [0.15, 0.2) is 0 Å². The van der Waals surface area contributed by atoms with Gasteiger partial charge in [0.1, 0.15) is 11.3 Å². The summed E-state index contributed by atoms with van der Waals surface area (Å²) >= 11 is 0. The first-order valence-electron chi connectivity index (χ1n) is 11.1. The lowest BCUT2D eigenvalue weighted by atomic mass is 10.0. The van der Waals surface area contributed by atoms with E-state index in [-0.39, 0.29) is 0 Å². The first-order valence-corrected chi connectivity index (χ1v) is 11.1. The van der Waals surface area contributed by atoms with Crippen LogP contribution in [0.3, 0.4) is 0 Å². The van der Waals surface area contributed by atoms with Gasteiger partial charge in [0.2, 0.25) is 0 Å². The van der Waals surface area contributed by atoms with Crippen molar-refractivity contribution in [2.75, 3.05) is 14.1 Å². The maximum Gasteiger partial charge on any atom is 0.138 e. The van der Waals surface area contributed by atoms with Gasteiger partial charge in [0, 0.05) is 59.4 Å². The summed E-state index contributed by atoms with van der Waals surface area (Å²) < 4.78 is 0. The SMILES string of the molecule is CN(C)Cc1cncc(-c2ccc3[nH]nc(-c4cc5c(-c6cccnc6)ccnc5[nH]4)c3c2)c1. The Balaban J connectivity index is 1.45. The summed E-state index contributed by atoms with van der Waals surface area (Å²) in [5.41, 5.74) is 9.11. The lowest BCUT2D eigenvalue weighted by Crippen LogP contribution is -2.10. The van der Waals surface area contributed by atoms with E-state index >= 15 is 0 Å². The van der Waals surface area contributed by atoms with Crippen LogP contribution in [-0.4, -0.2) is 49.1 Å². The second kappa shape index (κ2) is 8.20. The van der Waals surface area contributed by atoms with Gasteiger partial charge in [-0.2, -0.15) is 5.10 Å². The number of aromatic amines is 2. The molecule has 0 saturated carbocycles. The average molecular weight is 446 g/mol. The minimum absolute atomic E-state index is 0.823. The van der Waals surface area contributed by atoms with Crippen LogP contribution in [0.25, 0.3) is 55.6 Å². The van der Waals surface area contributed by atoms with Gasteiger partial charge in [-0.15, -0.1) is 0 Å². The van der Waals surface area contributed by atoms with Crippen molar-refractivity contribution in [3.05, 3.63) is 85.1 Å². The van der Waals surface area contributed by atoms with E-state index in [1.54, 1.807) is 6.20 Å². The summed E-state index contributed by atoms with van der Waals surface area (Å²) in [4.78, 5) is 18.9. The predicted octanol–water partition coefficient (Wildman–Crippen LogP) is 5.29. The monoisotopic (exact) mass is 445 g/mol. The van der Waals surface area contributed by atoms with Gasteiger partial charge in [-0.05, 0) is 67.2 Å². The van der Waals surface area contributed by atoms with E-state index < -0.39 is 0 Å². The lowest BCUT2D eigenvalue weighted by molar-refractivity contribution is 0.402. The molecular weight excluding hydrogens is 422 g/mol. The van der Waals surface area contributed by atoms with Crippen LogP contribution in [0.1, 0.15) is 5.56 Å². The second-order valence-electron chi connectivity index (χ2n) is 8.70. The molecule has 0 aliphatic heterocycles. The van der Waals surface area contributed by atoms with Crippen molar-refractivity contribution in [3.8, 4) is 33.6 Å². The Bertz CT molecular complexity index is 1610. The Labute approximate surface area is 196 Å². The number of benzene rings is 1. The first kappa shape index (κ1) is 20.3. The third-order valence-electron chi connectivity index (χ3n) is 5.95. The van der Waals surface area contributed by atoms with Gasteiger partial charge in [-0.1, -0.05) is 12.1 Å². The largest absolute Gasteiger partial charge is 0.338 e. The number of fused-ring (bicyclic) bond motifs is 2. The molecule has 0 spiro atoms. The van der Waals surface area contributed by atoms with Crippen LogP contribution in [0.2, 0.25) is 0 Å². The lowest BCUT2D eigenvalue weighted by Gasteiger charge is -2.10. The molecule has 0 radical (unpaired) electrons. The number of hydrogen-bond donors (Lipinski definition) is 2. The molecule has 34 heavy (non-hydrogen) atoms. The third-order valence-corrected chi connectivity index (χ3v) is 5.95. The highest BCUT2D eigenvalue weighted by molar-refractivity contribution is 6.00. The zero-order valence-corrected chi connectivity index (χ0v) is 18.9.